The molecule has 0 heterocycles. The van der Waals surface area contributed by atoms with Crippen LogP contribution in [0.15, 0.2) is 18.2 Å². The fourth-order valence-corrected chi connectivity index (χ4v) is 1.34. The standard InChI is InChI=1S/C14H22FNO2/c1-10-5-6-11(7-13(10)15)16-8-12(17)9-18-14(2,3)4/h5-7,12,16-17H,8-9H2,1-4H3. The van der Waals surface area contributed by atoms with Crippen LogP contribution in [0.1, 0.15) is 26.3 Å². The number of ether oxygens (including phenoxy) is 1. The van der Waals surface area contributed by atoms with Crippen molar-refractivity contribution in [3.8, 4) is 0 Å². The molecule has 0 aliphatic rings. The molecule has 0 aromatic heterocycles. The Kier molecular flexibility index (Phi) is 5.11. The SMILES string of the molecule is Cc1ccc(NCC(O)COC(C)(C)C)cc1F. The molecule has 0 amide bonds. The van der Waals surface area contributed by atoms with Crippen LogP contribution < -0.4 is 5.32 Å². The minimum Gasteiger partial charge on any atom is -0.389 e. The third-order valence-electron chi connectivity index (χ3n) is 2.42. The minimum absolute atomic E-state index is 0.250. The van der Waals surface area contributed by atoms with E-state index in [0.717, 1.165) is 0 Å². The Labute approximate surface area is 108 Å². The van der Waals surface area contributed by atoms with Crippen LogP contribution in [-0.2, 0) is 4.74 Å². The Morgan fingerprint density at radius 1 is 1.39 bits per heavy atom. The van der Waals surface area contributed by atoms with Gasteiger partial charge in [0.2, 0.25) is 0 Å². The van der Waals surface area contributed by atoms with Gasteiger partial charge in [-0.3, -0.25) is 0 Å². The van der Waals surface area contributed by atoms with E-state index in [2.05, 4.69) is 5.32 Å². The first kappa shape index (κ1) is 14.9. The van der Waals surface area contributed by atoms with Crippen molar-refractivity contribution in [2.24, 2.45) is 0 Å². The zero-order valence-corrected chi connectivity index (χ0v) is 11.5. The summed E-state index contributed by atoms with van der Waals surface area (Å²) in [5, 5.41) is 12.7. The van der Waals surface area contributed by atoms with E-state index in [4.69, 9.17) is 4.74 Å². The van der Waals surface area contributed by atoms with E-state index >= 15 is 0 Å². The van der Waals surface area contributed by atoms with E-state index in [9.17, 15) is 9.50 Å². The second kappa shape index (κ2) is 6.16. The highest BCUT2D eigenvalue weighted by Gasteiger charge is 2.13. The molecule has 0 radical (unpaired) electrons. The molecule has 1 aromatic carbocycles. The van der Waals surface area contributed by atoms with Crippen molar-refractivity contribution in [1.82, 2.24) is 0 Å². The van der Waals surface area contributed by atoms with Crippen molar-refractivity contribution in [3.63, 3.8) is 0 Å². The van der Waals surface area contributed by atoms with Gasteiger partial charge in [0.25, 0.3) is 0 Å². The van der Waals surface area contributed by atoms with Crippen LogP contribution in [0.25, 0.3) is 0 Å². The Morgan fingerprint density at radius 3 is 2.61 bits per heavy atom. The van der Waals surface area contributed by atoms with Crippen molar-refractivity contribution in [2.75, 3.05) is 18.5 Å². The summed E-state index contributed by atoms with van der Waals surface area (Å²) < 4.78 is 18.7. The van der Waals surface area contributed by atoms with Gasteiger partial charge in [-0.05, 0) is 45.4 Å². The number of hydrogen-bond donors (Lipinski definition) is 2. The molecule has 0 bridgehead atoms. The lowest BCUT2D eigenvalue weighted by atomic mass is 10.2. The molecule has 4 heteroatoms. The number of aliphatic hydroxyl groups is 1. The summed E-state index contributed by atoms with van der Waals surface area (Å²) >= 11 is 0. The Morgan fingerprint density at radius 2 is 2.06 bits per heavy atom. The van der Waals surface area contributed by atoms with Gasteiger partial charge in [0, 0.05) is 12.2 Å². The molecule has 0 saturated carbocycles. The minimum atomic E-state index is -0.617. The quantitative estimate of drug-likeness (QED) is 0.850. The highest BCUT2D eigenvalue weighted by atomic mass is 19.1. The number of rotatable bonds is 5. The number of benzene rings is 1. The van der Waals surface area contributed by atoms with Gasteiger partial charge in [0.15, 0.2) is 0 Å². The molecule has 1 atom stereocenters. The van der Waals surface area contributed by atoms with E-state index in [1.54, 1.807) is 19.1 Å². The number of halogens is 1. The Hall–Kier alpha value is -1.13. The maximum absolute atomic E-state index is 13.3. The molecule has 0 fully saturated rings. The van der Waals surface area contributed by atoms with Crippen molar-refractivity contribution >= 4 is 5.69 Å². The van der Waals surface area contributed by atoms with Gasteiger partial charge in [0.05, 0.1) is 18.3 Å². The van der Waals surface area contributed by atoms with Crippen LogP contribution in [0.4, 0.5) is 10.1 Å². The topological polar surface area (TPSA) is 41.5 Å². The van der Waals surface area contributed by atoms with Gasteiger partial charge in [-0.25, -0.2) is 4.39 Å². The molecule has 3 nitrogen and oxygen atoms in total. The average molecular weight is 255 g/mol. The molecular weight excluding hydrogens is 233 g/mol. The number of aryl methyl sites for hydroxylation is 1. The van der Waals surface area contributed by atoms with Gasteiger partial charge in [-0.2, -0.15) is 0 Å². The largest absolute Gasteiger partial charge is 0.389 e. The molecule has 0 spiro atoms. The summed E-state index contributed by atoms with van der Waals surface area (Å²) in [7, 11) is 0. The molecule has 0 aliphatic heterocycles. The van der Waals surface area contributed by atoms with Crippen LogP contribution in [0.3, 0.4) is 0 Å². The number of nitrogens with one attached hydrogen (secondary N) is 1. The lowest BCUT2D eigenvalue weighted by Crippen LogP contribution is -2.30. The van der Waals surface area contributed by atoms with Gasteiger partial charge in [-0.15, -0.1) is 0 Å². The predicted molar refractivity (Wildman–Crippen MR) is 71.3 cm³/mol. The maximum Gasteiger partial charge on any atom is 0.128 e. The fourth-order valence-electron chi connectivity index (χ4n) is 1.34. The maximum atomic E-state index is 13.3. The summed E-state index contributed by atoms with van der Waals surface area (Å²) in [6.07, 6.45) is -0.617. The smallest absolute Gasteiger partial charge is 0.128 e. The van der Waals surface area contributed by atoms with Crippen LogP contribution in [-0.4, -0.2) is 30.0 Å². The molecule has 18 heavy (non-hydrogen) atoms. The number of hydrogen-bond acceptors (Lipinski definition) is 3. The molecule has 0 saturated heterocycles. The van der Waals surface area contributed by atoms with Crippen LogP contribution in [0, 0.1) is 12.7 Å². The van der Waals surface area contributed by atoms with Crippen molar-refractivity contribution in [2.45, 2.75) is 39.4 Å². The zero-order valence-electron chi connectivity index (χ0n) is 11.5. The normalized spacial score (nSPS) is 13.4. The summed E-state index contributed by atoms with van der Waals surface area (Å²) in [5.41, 5.74) is 1.00. The van der Waals surface area contributed by atoms with E-state index in [-0.39, 0.29) is 18.0 Å². The number of anilines is 1. The molecule has 2 N–H and O–H groups in total. The Bertz CT molecular complexity index is 388. The highest BCUT2D eigenvalue weighted by Crippen LogP contribution is 2.13. The average Bonchev–Trinajstić information content (AvgIpc) is 2.27. The summed E-state index contributed by atoms with van der Waals surface area (Å²) in [4.78, 5) is 0. The third kappa shape index (κ3) is 5.47. The predicted octanol–water partition coefficient (Wildman–Crippen LogP) is 2.72. The second-order valence-corrected chi connectivity index (χ2v) is 5.42. The first-order chi connectivity index (χ1) is 8.28. The first-order valence-electron chi connectivity index (χ1n) is 6.10. The lowest BCUT2D eigenvalue weighted by molar-refractivity contribution is -0.0449. The zero-order chi connectivity index (χ0) is 13.8. The Balaban J connectivity index is 2.38. The monoisotopic (exact) mass is 255 g/mol. The van der Waals surface area contributed by atoms with Crippen LogP contribution in [0.5, 0.6) is 0 Å². The van der Waals surface area contributed by atoms with Gasteiger partial charge in [0.1, 0.15) is 5.82 Å². The van der Waals surface area contributed by atoms with Crippen molar-refractivity contribution in [1.29, 1.82) is 0 Å². The van der Waals surface area contributed by atoms with Gasteiger partial charge < -0.3 is 15.2 Å². The second-order valence-electron chi connectivity index (χ2n) is 5.42. The van der Waals surface area contributed by atoms with Gasteiger partial charge in [-0.1, -0.05) is 6.07 Å². The summed E-state index contributed by atoms with van der Waals surface area (Å²) in [6.45, 7) is 8.10. The van der Waals surface area contributed by atoms with Crippen LogP contribution >= 0.6 is 0 Å². The van der Waals surface area contributed by atoms with Crippen molar-refractivity contribution < 1.29 is 14.2 Å². The number of aliphatic hydroxyl groups excluding tert-OH is 1. The van der Waals surface area contributed by atoms with Gasteiger partial charge >= 0.3 is 0 Å². The highest BCUT2D eigenvalue weighted by molar-refractivity contribution is 5.45. The summed E-state index contributed by atoms with van der Waals surface area (Å²) in [5.74, 6) is -0.250. The first-order valence-corrected chi connectivity index (χ1v) is 6.10. The summed E-state index contributed by atoms with van der Waals surface area (Å²) in [6, 6.07) is 4.91. The van der Waals surface area contributed by atoms with Crippen molar-refractivity contribution in [3.05, 3.63) is 29.6 Å². The fraction of sp³-hybridized carbons (Fsp3) is 0.571. The molecular formula is C14H22FNO2. The van der Waals surface area contributed by atoms with E-state index in [1.807, 2.05) is 20.8 Å². The molecule has 0 aliphatic carbocycles. The molecule has 1 rings (SSSR count). The third-order valence-corrected chi connectivity index (χ3v) is 2.42. The lowest BCUT2D eigenvalue weighted by Gasteiger charge is -2.22. The molecule has 1 aromatic rings. The van der Waals surface area contributed by atoms with Crippen LogP contribution in [0.2, 0.25) is 0 Å². The van der Waals surface area contributed by atoms with E-state index in [1.165, 1.54) is 6.07 Å². The van der Waals surface area contributed by atoms with E-state index in [0.29, 0.717) is 17.8 Å². The molecule has 1 unspecified atom stereocenters. The van der Waals surface area contributed by atoms with E-state index < -0.39 is 6.10 Å². The molecule has 102 valence electrons.